The molecule has 0 spiro atoms. The standard InChI is InChI=1S/C15H14N8O4S/c1-8-6-7-17-14(18-8)23-28(26,27)10-4-2-9(3-5-10)21-22-11-12(16)19-15(25)20-13(11)24/h2-7H,1H3,(H,17,18,23)(H4,16,19,20,24,25). The second kappa shape index (κ2) is 7.40. The summed E-state index contributed by atoms with van der Waals surface area (Å²) in [6.45, 7) is 1.71. The summed E-state index contributed by atoms with van der Waals surface area (Å²) in [5.41, 5.74) is 4.56. The number of benzene rings is 1. The Morgan fingerprint density at radius 3 is 2.43 bits per heavy atom. The van der Waals surface area contributed by atoms with Crippen LogP contribution in [0.4, 0.5) is 23.1 Å². The normalized spacial score (nSPS) is 11.6. The van der Waals surface area contributed by atoms with Crippen LogP contribution in [0.2, 0.25) is 0 Å². The molecule has 0 saturated carbocycles. The molecule has 0 atom stereocenters. The highest BCUT2D eigenvalue weighted by molar-refractivity contribution is 7.92. The number of azo groups is 1. The maximum Gasteiger partial charge on any atom is 0.327 e. The van der Waals surface area contributed by atoms with Crippen molar-refractivity contribution in [2.45, 2.75) is 11.8 Å². The molecular formula is C15H14N8O4S. The molecule has 0 aliphatic rings. The van der Waals surface area contributed by atoms with Crippen LogP contribution in [0.1, 0.15) is 5.69 Å². The van der Waals surface area contributed by atoms with Crippen molar-refractivity contribution >= 4 is 33.2 Å². The zero-order valence-corrected chi connectivity index (χ0v) is 15.2. The smallest absolute Gasteiger partial charge is 0.327 e. The van der Waals surface area contributed by atoms with E-state index in [0.29, 0.717) is 5.69 Å². The topological polar surface area (TPSA) is 188 Å². The summed E-state index contributed by atoms with van der Waals surface area (Å²) in [6, 6.07) is 6.99. The molecule has 0 saturated heterocycles. The number of nitrogens with two attached hydrogens (primary N) is 1. The SMILES string of the molecule is Cc1ccnc(NS(=O)(=O)c2ccc(N=Nc3c(N)[nH]c(=O)[nH]c3=O)cc2)n1. The molecule has 0 radical (unpaired) electrons. The van der Waals surface area contributed by atoms with Crippen molar-refractivity contribution in [2.75, 3.05) is 10.5 Å². The molecule has 2 heterocycles. The summed E-state index contributed by atoms with van der Waals surface area (Å²) in [7, 11) is -3.89. The molecule has 3 rings (SSSR count). The molecule has 13 heteroatoms. The zero-order valence-electron chi connectivity index (χ0n) is 14.4. The van der Waals surface area contributed by atoms with E-state index in [1.807, 2.05) is 4.98 Å². The van der Waals surface area contributed by atoms with Crippen LogP contribution >= 0.6 is 0 Å². The molecule has 144 valence electrons. The molecule has 1 aromatic carbocycles. The lowest BCUT2D eigenvalue weighted by molar-refractivity contribution is 0.601. The van der Waals surface area contributed by atoms with Gasteiger partial charge in [-0.1, -0.05) is 0 Å². The number of sulfonamides is 1. The predicted molar refractivity (Wildman–Crippen MR) is 100 cm³/mol. The molecule has 12 nitrogen and oxygen atoms in total. The number of anilines is 2. The van der Waals surface area contributed by atoms with Gasteiger partial charge in [0.1, 0.15) is 5.82 Å². The molecule has 0 aliphatic heterocycles. The summed E-state index contributed by atoms with van der Waals surface area (Å²) < 4.78 is 27.0. The van der Waals surface area contributed by atoms with Crippen molar-refractivity contribution in [1.82, 2.24) is 19.9 Å². The molecule has 5 N–H and O–H groups in total. The Morgan fingerprint density at radius 2 is 1.79 bits per heavy atom. The molecule has 0 amide bonds. The summed E-state index contributed by atoms with van der Waals surface area (Å²) in [5.74, 6) is -0.282. The van der Waals surface area contributed by atoms with Gasteiger partial charge in [-0.15, -0.1) is 5.11 Å². The van der Waals surface area contributed by atoms with Crippen LogP contribution in [0.25, 0.3) is 0 Å². The molecular weight excluding hydrogens is 388 g/mol. The fourth-order valence-electron chi connectivity index (χ4n) is 2.07. The van der Waals surface area contributed by atoms with Gasteiger partial charge < -0.3 is 5.73 Å². The average Bonchev–Trinajstić information content (AvgIpc) is 2.61. The van der Waals surface area contributed by atoms with Crippen molar-refractivity contribution in [3.8, 4) is 0 Å². The first-order valence-corrected chi connectivity index (χ1v) is 9.19. The van der Waals surface area contributed by atoms with Gasteiger partial charge in [0.05, 0.1) is 10.6 Å². The Morgan fingerprint density at radius 1 is 1.07 bits per heavy atom. The van der Waals surface area contributed by atoms with Crippen molar-refractivity contribution in [1.29, 1.82) is 0 Å². The van der Waals surface area contributed by atoms with Gasteiger partial charge in [0, 0.05) is 11.9 Å². The zero-order chi connectivity index (χ0) is 20.3. The Kier molecular flexibility index (Phi) is 5.00. The predicted octanol–water partition coefficient (Wildman–Crippen LogP) is 0.960. The molecule has 0 aliphatic carbocycles. The first-order valence-electron chi connectivity index (χ1n) is 7.71. The third-order valence-corrected chi connectivity index (χ3v) is 4.72. The van der Waals surface area contributed by atoms with E-state index < -0.39 is 21.3 Å². The average molecular weight is 402 g/mol. The van der Waals surface area contributed by atoms with Gasteiger partial charge in [0.15, 0.2) is 5.69 Å². The fourth-order valence-corrected chi connectivity index (χ4v) is 3.02. The number of hydrogen-bond donors (Lipinski definition) is 4. The molecule has 0 unspecified atom stereocenters. The van der Waals surface area contributed by atoms with Crippen LogP contribution in [-0.4, -0.2) is 28.4 Å². The van der Waals surface area contributed by atoms with E-state index in [1.54, 1.807) is 13.0 Å². The van der Waals surface area contributed by atoms with Crippen LogP contribution in [-0.2, 0) is 10.0 Å². The van der Waals surface area contributed by atoms with Gasteiger partial charge in [-0.05, 0) is 37.3 Å². The minimum Gasteiger partial charge on any atom is -0.383 e. The Bertz CT molecular complexity index is 1260. The van der Waals surface area contributed by atoms with Gasteiger partial charge in [0.25, 0.3) is 15.6 Å². The van der Waals surface area contributed by atoms with Gasteiger partial charge in [0.2, 0.25) is 5.95 Å². The van der Waals surface area contributed by atoms with Crippen LogP contribution in [0.5, 0.6) is 0 Å². The van der Waals surface area contributed by atoms with E-state index >= 15 is 0 Å². The number of nitrogen functional groups attached to an aromatic ring is 1. The first-order chi connectivity index (χ1) is 13.2. The van der Waals surface area contributed by atoms with E-state index in [9.17, 15) is 18.0 Å². The lowest BCUT2D eigenvalue weighted by Crippen LogP contribution is -2.23. The molecule has 0 fully saturated rings. The lowest BCUT2D eigenvalue weighted by atomic mass is 10.3. The van der Waals surface area contributed by atoms with Gasteiger partial charge >= 0.3 is 5.69 Å². The molecule has 3 aromatic rings. The van der Waals surface area contributed by atoms with Crippen LogP contribution in [0, 0.1) is 6.92 Å². The van der Waals surface area contributed by atoms with E-state index in [-0.39, 0.29) is 28.0 Å². The minimum atomic E-state index is -3.89. The Labute approximate surface area is 157 Å². The van der Waals surface area contributed by atoms with Gasteiger partial charge in [-0.3, -0.25) is 14.8 Å². The number of nitrogens with zero attached hydrogens (tertiary/aromatic N) is 4. The summed E-state index contributed by atoms with van der Waals surface area (Å²) in [5, 5.41) is 7.50. The molecule has 0 bridgehead atoms. The number of aromatic amines is 2. The minimum absolute atomic E-state index is 0.0436. The van der Waals surface area contributed by atoms with Crippen LogP contribution < -0.4 is 21.7 Å². The third-order valence-electron chi connectivity index (χ3n) is 3.38. The molecule has 28 heavy (non-hydrogen) atoms. The van der Waals surface area contributed by atoms with Crippen molar-refractivity contribution < 1.29 is 8.42 Å². The highest BCUT2D eigenvalue weighted by Gasteiger charge is 2.15. The second-order valence-corrected chi connectivity index (χ2v) is 7.17. The summed E-state index contributed by atoms with van der Waals surface area (Å²) >= 11 is 0. The van der Waals surface area contributed by atoms with Crippen molar-refractivity contribution in [3.05, 3.63) is 63.1 Å². The Balaban J connectivity index is 1.82. The first kappa shape index (κ1) is 18.9. The molecule has 2 aromatic heterocycles. The fraction of sp³-hybridized carbons (Fsp3) is 0.0667. The third kappa shape index (κ3) is 4.27. The highest BCUT2D eigenvalue weighted by Crippen LogP contribution is 2.21. The number of nitrogens with one attached hydrogen (secondary N) is 3. The van der Waals surface area contributed by atoms with Crippen molar-refractivity contribution in [3.63, 3.8) is 0 Å². The summed E-state index contributed by atoms with van der Waals surface area (Å²) in [6.07, 6.45) is 1.44. The Hall–Kier alpha value is -3.87. The second-order valence-electron chi connectivity index (χ2n) is 5.49. The van der Waals surface area contributed by atoms with Gasteiger partial charge in [-0.2, -0.15) is 5.11 Å². The van der Waals surface area contributed by atoms with Crippen molar-refractivity contribution in [2.24, 2.45) is 10.2 Å². The van der Waals surface area contributed by atoms with E-state index in [0.717, 1.165) is 0 Å². The number of aromatic nitrogens is 4. The lowest BCUT2D eigenvalue weighted by Gasteiger charge is -2.06. The highest BCUT2D eigenvalue weighted by atomic mass is 32.2. The summed E-state index contributed by atoms with van der Waals surface area (Å²) in [4.78, 5) is 34.7. The quantitative estimate of drug-likeness (QED) is 0.457. The maximum atomic E-state index is 12.4. The largest absolute Gasteiger partial charge is 0.383 e. The van der Waals surface area contributed by atoms with E-state index in [4.69, 9.17) is 5.73 Å². The number of rotatable bonds is 5. The maximum absolute atomic E-state index is 12.4. The van der Waals surface area contributed by atoms with E-state index in [2.05, 4.69) is 29.9 Å². The number of hydrogen-bond acceptors (Lipinski definition) is 9. The van der Waals surface area contributed by atoms with Crippen LogP contribution in [0.3, 0.4) is 0 Å². The van der Waals surface area contributed by atoms with Crippen LogP contribution in [0.15, 0.2) is 61.2 Å². The number of aryl methyl sites for hydroxylation is 1. The number of H-pyrrole nitrogens is 2. The monoisotopic (exact) mass is 402 g/mol. The van der Waals surface area contributed by atoms with Gasteiger partial charge in [-0.25, -0.2) is 27.9 Å². The van der Waals surface area contributed by atoms with E-state index in [1.165, 1.54) is 30.5 Å².